The second-order valence-corrected chi connectivity index (χ2v) is 10.1. The van der Waals surface area contributed by atoms with Gasteiger partial charge >= 0.3 is 0 Å². The van der Waals surface area contributed by atoms with Crippen LogP contribution in [-0.2, 0) is 17.6 Å². The average Bonchev–Trinajstić information content (AvgIpc) is 3.48. The van der Waals surface area contributed by atoms with Crippen molar-refractivity contribution < 1.29 is 9.18 Å². The number of rotatable bonds is 5. The Morgan fingerprint density at radius 1 is 1.32 bits per heavy atom. The summed E-state index contributed by atoms with van der Waals surface area (Å²) in [5.74, 6) is -0.349. The quantitative estimate of drug-likeness (QED) is 0.488. The molecule has 1 atom stereocenters. The van der Waals surface area contributed by atoms with Crippen LogP contribution in [-0.4, -0.2) is 39.4 Å². The fourth-order valence-corrected chi connectivity index (χ4v) is 5.31. The Morgan fingerprint density at radius 2 is 2.09 bits per heavy atom. The smallest absolute Gasteiger partial charge is 0.258 e. The number of hydrogen-bond donors (Lipinski definition) is 3. The van der Waals surface area contributed by atoms with Crippen molar-refractivity contribution in [2.24, 2.45) is 5.73 Å². The van der Waals surface area contributed by atoms with E-state index in [1.807, 2.05) is 13.0 Å². The third-order valence-corrected chi connectivity index (χ3v) is 7.22. The fraction of sp³-hybridized carbons (Fsp3) is 0.375. The van der Waals surface area contributed by atoms with Crippen LogP contribution in [0.2, 0.25) is 10.0 Å². The summed E-state index contributed by atoms with van der Waals surface area (Å²) < 4.78 is 14.7. The van der Waals surface area contributed by atoms with Gasteiger partial charge in [-0.1, -0.05) is 23.2 Å². The first-order chi connectivity index (χ1) is 16.1. The van der Waals surface area contributed by atoms with Gasteiger partial charge in [-0.25, -0.2) is 9.37 Å². The van der Waals surface area contributed by atoms with Crippen molar-refractivity contribution in [2.75, 3.05) is 18.4 Å². The molecule has 1 amide bonds. The molecule has 2 aromatic carbocycles. The number of halogens is 3. The molecular weight excluding hydrogens is 480 g/mol. The second kappa shape index (κ2) is 8.52. The maximum Gasteiger partial charge on any atom is 0.258 e. The van der Waals surface area contributed by atoms with Crippen LogP contribution in [0, 0.1) is 5.82 Å². The van der Waals surface area contributed by atoms with Gasteiger partial charge in [-0.3, -0.25) is 9.59 Å². The van der Waals surface area contributed by atoms with Gasteiger partial charge in [0.25, 0.3) is 5.56 Å². The zero-order chi connectivity index (χ0) is 24.2. The monoisotopic (exact) mass is 503 g/mol. The maximum absolute atomic E-state index is 14.7. The third kappa shape index (κ3) is 4.37. The number of nitrogens with two attached hydrogens (primary N) is 1. The number of nitrogens with one attached hydrogen (secondary N) is 2. The van der Waals surface area contributed by atoms with Crippen molar-refractivity contribution in [3.8, 4) is 0 Å². The van der Waals surface area contributed by atoms with E-state index in [-0.39, 0.29) is 35.1 Å². The van der Waals surface area contributed by atoms with Crippen LogP contribution in [0.4, 0.5) is 10.1 Å². The summed E-state index contributed by atoms with van der Waals surface area (Å²) in [5, 5.41) is 4.11. The molecule has 0 saturated heterocycles. The molecule has 1 unspecified atom stereocenters. The molecule has 5 rings (SSSR count). The Bertz CT molecular complexity index is 1370. The zero-order valence-corrected chi connectivity index (χ0v) is 20.1. The topological polar surface area (TPSA) is 104 Å². The SMILES string of the molecule is CC1c2c(Cl)cc(Cl)cc2CCN1C(=O)CNc1cc2nc(CC3(N)CC3)[nH]c(=O)c2cc1F. The Hall–Kier alpha value is -2.68. The molecule has 1 aliphatic carbocycles. The van der Waals surface area contributed by atoms with Gasteiger partial charge in [0.1, 0.15) is 11.6 Å². The molecular formula is C24H24Cl2FN5O2. The number of H-pyrrole nitrogens is 1. The Kier molecular flexibility index (Phi) is 5.78. The highest BCUT2D eigenvalue weighted by Crippen LogP contribution is 2.37. The first kappa shape index (κ1) is 23.1. The number of aromatic amines is 1. The molecule has 1 aliphatic heterocycles. The second-order valence-electron chi connectivity index (χ2n) is 9.23. The van der Waals surface area contributed by atoms with Gasteiger partial charge in [-0.2, -0.15) is 0 Å². The van der Waals surface area contributed by atoms with Crippen LogP contribution in [0.15, 0.2) is 29.1 Å². The predicted octanol–water partition coefficient (Wildman–Crippen LogP) is 3.96. The van der Waals surface area contributed by atoms with Crippen molar-refractivity contribution in [1.82, 2.24) is 14.9 Å². The molecule has 3 aromatic rings. The molecule has 1 saturated carbocycles. The summed E-state index contributed by atoms with van der Waals surface area (Å²) >= 11 is 12.5. The molecule has 0 spiro atoms. The number of aromatic nitrogens is 2. The molecule has 7 nitrogen and oxygen atoms in total. The van der Waals surface area contributed by atoms with Crippen molar-refractivity contribution in [3.05, 3.63) is 67.4 Å². The molecule has 2 heterocycles. The van der Waals surface area contributed by atoms with E-state index in [4.69, 9.17) is 28.9 Å². The minimum Gasteiger partial charge on any atom is -0.374 e. The van der Waals surface area contributed by atoms with Crippen LogP contribution in [0.3, 0.4) is 0 Å². The van der Waals surface area contributed by atoms with E-state index < -0.39 is 11.4 Å². The number of amides is 1. The summed E-state index contributed by atoms with van der Waals surface area (Å²) in [4.78, 5) is 34.3. The van der Waals surface area contributed by atoms with Crippen LogP contribution in [0.5, 0.6) is 0 Å². The van der Waals surface area contributed by atoms with Gasteiger partial charge in [-0.05, 0) is 61.6 Å². The van der Waals surface area contributed by atoms with Crippen LogP contribution < -0.4 is 16.6 Å². The molecule has 34 heavy (non-hydrogen) atoms. The highest BCUT2D eigenvalue weighted by Gasteiger charge is 2.39. The van der Waals surface area contributed by atoms with Crippen molar-refractivity contribution in [3.63, 3.8) is 0 Å². The van der Waals surface area contributed by atoms with E-state index in [0.29, 0.717) is 40.8 Å². The zero-order valence-electron chi connectivity index (χ0n) is 18.6. The van der Waals surface area contributed by atoms with E-state index in [0.717, 1.165) is 30.0 Å². The van der Waals surface area contributed by atoms with Crippen LogP contribution >= 0.6 is 23.2 Å². The fourth-order valence-electron chi connectivity index (χ4n) is 4.61. The molecule has 178 valence electrons. The standard InChI is InChI=1S/C24H24Cl2FN5O2/c1-12-22-13(6-14(25)7-16(22)26)2-5-32(12)21(33)11-29-19-9-18-15(8-17(19)27)23(34)31-20(30-18)10-24(28)3-4-24/h6-9,12,29H,2-5,10-11,28H2,1H3,(H,30,31,34). The Balaban J connectivity index is 1.34. The summed E-state index contributed by atoms with van der Waals surface area (Å²) in [6.07, 6.45) is 2.85. The molecule has 2 aliphatic rings. The predicted molar refractivity (Wildman–Crippen MR) is 131 cm³/mol. The van der Waals surface area contributed by atoms with Crippen molar-refractivity contribution in [1.29, 1.82) is 0 Å². The number of benzene rings is 2. The highest BCUT2D eigenvalue weighted by molar-refractivity contribution is 6.35. The van der Waals surface area contributed by atoms with Crippen LogP contribution in [0.25, 0.3) is 10.9 Å². The largest absolute Gasteiger partial charge is 0.374 e. The van der Waals surface area contributed by atoms with Gasteiger partial charge < -0.3 is 20.9 Å². The molecule has 4 N–H and O–H groups in total. The van der Waals surface area contributed by atoms with Gasteiger partial charge in [0.2, 0.25) is 5.91 Å². The first-order valence-corrected chi connectivity index (χ1v) is 11.9. The lowest BCUT2D eigenvalue weighted by atomic mass is 9.93. The Labute approximate surface area is 205 Å². The number of anilines is 1. The van der Waals surface area contributed by atoms with Gasteiger partial charge in [0.05, 0.1) is 29.2 Å². The van der Waals surface area contributed by atoms with E-state index >= 15 is 0 Å². The Morgan fingerprint density at radius 3 is 2.82 bits per heavy atom. The first-order valence-electron chi connectivity index (χ1n) is 11.2. The minimum absolute atomic E-state index is 0.105. The number of nitrogens with zero attached hydrogens (tertiary/aromatic N) is 2. The normalized spacial score (nSPS) is 18.6. The summed E-state index contributed by atoms with van der Waals surface area (Å²) in [6, 6.07) is 5.91. The van der Waals surface area contributed by atoms with Gasteiger partial charge in [-0.15, -0.1) is 0 Å². The highest BCUT2D eigenvalue weighted by atomic mass is 35.5. The maximum atomic E-state index is 14.7. The number of carbonyl (C=O) groups is 1. The lowest BCUT2D eigenvalue weighted by molar-refractivity contribution is -0.131. The van der Waals surface area contributed by atoms with Gasteiger partial charge in [0, 0.05) is 28.5 Å². The van der Waals surface area contributed by atoms with E-state index in [1.165, 1.54) is 6.07 Å². The van der Waals surface area contributed by atoms with E-state index in [9.17, 15) is 14.0 Å². The minimum atomic E-state index is -0.632. The summed E-state index contributed by atoms with van der Waals surface area (Å²) in [7, 11) is 0. The number of fused-ring (bicyclic) bond motifs is 2. The van der Waals surface area contributed by atoms with Crippen LogP contribution in [0.1, 0.15) is 42.8 Å². The number of hydrogen-bond acceptors (Lipinski definition) is 5. The molecule has 0 bridgehead atoms. The van der Waals surface area contributed by atoms with E-state index in [2.05, 4.69) is 15.3 Å². The molecule has 10 heteroatoms. The van der Waals surface area contributed by atoms with Crippen molar-refractivity contribution in [2.45, 2.75) is 44.2 Å². The number of carbonyl (C=O) groups excluding carboxylic acids is 1. The molecule has 1 aromatic heterocycles. The molecule has 1 fully saturated rings. The third-order valence-electron chi connectivity index (χ3n) is 6.69. The van der Waals surface area contributed by atoms with Crippen molar-refractivity contribution >= 4 is 45.7 Å². The molecule has 0 radical (unpaired) electrons. The average molecular weight is 504 g/mol. The lowest BCUT2D eigenvalue weighted by Gasteiger charge is -2.36. The summed E-state index contributed by atoms with van der Waals surface area (Å²) in [6.45, 7) is 2.30. The van der Waals surface area contributed by atoms with Gasteiger partial charge in [0.15, 0.2) is 0 Å². The summed E-state index contributed by atoms with van der Waals surface area (Å²) in [5.41, 5.74) is 7.77. The lowest BCUT2D eigenvalue weighted by Crippen LogP contribution is -2.42. The van der Waals surface area contributed by atoms with E-state index in [1.54, 1.807) is 11.0 Å².